The number of benzene rings is 2. The summed E-state index contributed by atoms with van der Waals surface area (Å²) >= 11 is 0. The number of rotatable bonds is 6. The number of hydrogen-bond acceptors (Lipinski definition) is 3. The Bertz CT molecular complexity index is 794. The Morgan fingerprint density at radius 1 is 1.04 bits per heavy atom. The lowest BCUT2D eigenvalue weighted by Gasteiger charge is -2.16. The average Bonchev–Trinajstić information content (AvgIpc) is 2.70. The molecular weight excluding hydrogens is 324 g/mol. The van der Waals surface area contributed by atoms with Gasteiger partial charge in [0.2, 0.25) is 0 Å². The minimum atomic E-state index is -0.218. The first-order valence-electron chi connectivity index (χ1n) is 9.37. The quantitative estimate of drug-likeness (QED) is 0.616. The van der Waals surface area contributed by atoms with Crippen molar-refractivity contribution in [2.75, 3.05) is 6.61 Å². The molecule has 3 rings (SSSR count). The molecule has 2 aromatic rings. The summed E-state index contributed by atoms with van der Waals surface area (Å²) in [6, 6.07) is 13.6. The second kappa shape index (κ2) is 8.65. The zero-order chi connectivity index (χ0) is 18.4. The first-order chi connectivity index (χ1) is 12.7. The van der Waals surface area contributed by atoms with Crippen LogP contribution in [0.1, 0.15) is 60.2 Å². The molecule has 1 aliphatic rings. The van der Waals surface area contributed by atoms with Gasteiger partial charge in [-0.3, -0.25) is 4.79 Å². The number of carbonyl (C=O) groups excluding carboxylic acids is 1. The highest BCUT2D eigenvalue weighted by Gasteiger charge is 2.11. The van der Waals surface area contributed by atoms with Crippen LogP contribution < -0.4 is 10.2 Å². The fraction of sp³-hybridized carbons (Fsp3) is 0.364. The predicted molar refractivity (Wildman–Crippen MR) is 105 cm³/mol. The summed E-state index contributed by atoms with van der Waals surface area (Å²) in [6.07, 6.45) is 5.79. The van der Waals surface area contributed by atoms with Gasteiger partial charge in [0.15, 0.2) is 0 Å². The van der Waals surface area contributed by atoms with Crippen LogP contribution in [0.2, 0.25) is 0 Å². The van der Waals surface area contributed by atoms with E-state index in [0.29, 0.717) is 12.2 Å². The van der Waals surface area contributed by atoms with Gasteiger partial charge in [0.1, 0.15) is 5.75 Å². The number of hydrazone groups is 1. The number of nitrogens with zero attached hydrogens (tertiary/aromatic N) is 1. The van der Waals surface area contributed by atoms with Gasteiger partial charge >= 0.3 is 0 Å². The van der Waals surface area contributed by atoms with Crippen LogP contribution in [-0.2, 0) is 12.8 Å². The smallest absolute Gasteiger partial charge is 0.271 e. The van der Waals surface area contributed by atoms with E-state index in [9.17, 15) is 4.79 Å². The molecule has 0 aromatic heterocycles. The highest BCUT2D eigenvalue weighted by molar-refractivity contribution is 6.01. The largest absolute Gasteiger partial charge is 0.494 e. The fourth-order valence-electron chi connectivity index (χ4n) is 3.14. The molecule has 0 fully saturated rings. The molecule has 0 bridgehead atoms. The van der Waals surface area contributed by atoms with Crippen molar-refractivity contribution < 1.29 is 9.53 Å². The molecule has 1 amide bonds. The van der Waals surface area contributed by atoms with E-state index < -0.39 is 0 Å². The molecule has 0 unspecified atom stereocenters. The van der Waals surface area contributed by atoms with Gasteiger partial charge in [0, 0.05) is 5.56 Å². The Kier molecular flexibility index (Phi) is 6.05. The Hall–Kier alpha value is -2.62. The molecule has 0 aliphatic heterocycles. The van der Waals surface area contributed by atoms with E-state index in [4.69, 9.17) is 4.74 Å². The lowest BCUT2D eigenvalue weighted by molar-refractivity contribution is 0.0955. The number of fused-ring (bicyclic) bond motifs is 1. The first kappa shape index (κ1) is 18.2. The molecule has 0 atom stereocenters. The van der Waals surface area contributed by atoms with E-state index in [1.54, 1.807) is 12.1 Å². The van der Waals surface area contributed by atoms with Gasteiger partial charge in [-0.25, -0.2) is 5.43 Å². The SMILES string of the molecule is CCCOc1ccc(C(=O)N/N=C(\C)c2ccc3c(c2)CCCC3)cc1. The molecule has 0 heterocycles. The van der Waals surface area contributed by atoms with Crippen LogP contribution in [0.25, 0.3) is 0 Å². The lowest BCUT2D eigenvalue weighted by atomic mass is 9.90. The number of ether oxygens (including phenoxy) is 1. The third kappa shape index (κ3) is 4.51. The van der Waals surface area contributed by atoms with Crippen molar-refractivity contribution in [1.82, 2.24) is 5.43 Å². The molecular formula is C22H26N2O2. The number of nitrogens with one attached hydrogen (secondary N) is 1. The van der Waals surface area contributed by atoms with Crippen molar-refractivity contribution in [3.8, 4) is 5.75 Å². The van der Waals surface area contributed by atoms with Gasteiger partial charge in [0.05, 0.1) is 12.3 Å². The lowest BCUT2D eigenvalue weighted by Crippen LogP contribution is -2.19. The van der Waals surface area contributed by atoms with Gasteiger partial charge in [0.25, 0.3) is 5.91 Å². The Morgan fingerprint density at radius 2 is 1.73 bits per heavy atom. The third-order valence-electron chi connectivity index (χ3n) is 4.68. The summed E-state index contributed by atoms with van der Waals surface area (Å²) in [6.45, 7) is 4.66. The van der Waals surface area contributed by atoms with Crippen LogP contribution >= 0.6 is 0 Å². The van der Waals surface area contributed by atoms with Crippen molar-refractivity contribution in [1.29, 1.82) is 0 Å². The summed E-state index contributed by atoms with van der Waals surface area (Å²) in [5.74, 6) is 0.557. The van der Waals surface area contributed by atoms with Crippen LogP contribution in [0, 0.1) is 0 Å². The zero-order valence-electron chi connectivity index (χ0n) is 15.5. The molecule has 4 nitrogen and oxygen atoms in total. The van der Waals surface area contributed by atoms with Crippen LogP contribution in [-0.4, -0.2) is 18.2 Å². The molecule has 0 saturated heterocycles. The minimum Gasteiger partial charge on any atom is -0.494 e. The van der Waals surface area contributed by atoms with Gasteiger partial charge in [-0.2, -0.15) is 5.10 Å². The van der Waals surface area contributed by atoms with E-state index in [2.05, 4.69) is 35.7 Å². The molecule has 0 saturated carbocycles. The molecule has 1 N–H and O–H groups in total. The fourth-order valence-corrected chi connectivity index (χ4v) is 3.14. The van der Waals surface area contributed by atoms with Crippen molar-refractivity contribution >= 4 is 11.6 Å². The Morgan fingerprint density at radius 3 is 2.46 bits per heavy atom. The Balaban J connectivity index is 1.64. The first-order valence-corrected chi connectivity index (χ1v) is 9.37. The predicted octanol–water partition coefficient (Wildman–Crippen LogP) is 4.51. The second-order valence-corrected chi connectivity index (χ2v) is 6.70. The number of amides is 1. The zero-order valence-corrected chi connectivity index (χ0v) is 15.5. The third-order valence-corrected chi connectivity index (χ3v) is 4.68. The molecule has 4 heteroatoms. The van der Waals surface area contributed by atoms with E-state index >= 15 is 0 Å². The monoisotopic (exact) mass is 350 g/mol. The molecule has 1 aliphatic carbocycles. The summed E-state index contributed by atoms with van der Waals surface area (Å²) in [4.78, 5) is 12.3. The van der Waals surface area contributed by atoms with E-state index in [0.717, 1.165) is 29.9 Å². The number of carbonyl (C=O) groups is 1. The van der Waals surface area contributed by atoms with Gasteiger partial charge in [-0.15, -0.1) is 0 Å². The van der Waals surface area contributed by atoms with E-state index in [-0.39, 0.29) is 5.91 Å². The minimum absolute atomic E-state index is 0.218. The molecule has 26 heavy (non-hydrogen) atoms. The standard InChI is InChI=1S/C22H26N2O2/c1-3-14-26-21-12-10-18(11-13-21)22(25)24-23-16(2)19-9-8-17-6-4-5-7-20(17)15-19/h8-13,15H,3-7,14H2,1-2H3,(H,24,25)/b23-16+. The Labute approximate surface area is 155 Å². The van der Waals surface area contributed by atoms with Crippen LogP contribution in [0.3, 0.4) is 0 Å². The van der Waals surface area contributed by atoms with E-state index in [1.165, 1.54) is 30.4 Å². The summed E-state index contributed by atoms with van der Waals surface area (Å²) in [7, 11) is 0. The van der Waals surface area contributed by atoms with Crippen LogP contribution in [0.4, 0.5) is 0 Å². The summed E-state index contributed by atoms with van der Waals surface area (Å²) in [5, 5.41) is 4.28. The number of hydrogen-bond donors (Lipinski definition) is 1. The summed E-state index contributed by atoms with van der Waals surface area (Å²) < 4.78 is 5.53. The van der Waals surface area contributed by atoms with E-state index in [1.807, 2.05) is 19.1 Å². The second-order valence-electron chi connectivity index (χ2n) is 6.70. The normalized spacial score (nSPS) is 13.8. The van der Waals surface area contributed by atoms with Crippen molar-refractivity contribution in [3.05, 3.63) is 64.7 Å². The van der Waals surface area contributed by atoms with Crippen molar-refractivity contribution in [2.24, 2.45) is 5.10 Å². The maximum absolute atomic E-state index is 12.3. The van der Waals surface area contributed by atoms with Crippen molar-refractivity contribution in [3.63, 3.8) is 0 Å². The van der Waals surface area contributed by atoms with Gasteiger partial charge in [-0.1, -0.05) is 19.1 Å². The highest BCUT2D eigenvalue weighted by Crippen LogP contribution is 2.22. The van der Waals surface area contributed by atoms with Crippen LogP contribution in [0.5, 0.6) is 5.75 Å². The highest BCUT2D eigenvalue weighted by atomic mass is 16.5. The van der Waals surface area contributed by atoms with Crippen molar-refractivity contribution in [2.45, 2.75) is 46.0 Å². The summed E-state index contributed by atoms with van der Waals surface area (Å²) in [5.41, 5.74) is 7.95. The molecule has 0 radical (unpaired) electrons. The molecule has 136 valence electrons. The molecule has 2 aromatic carbocycles. The maximum Gasteiger partial charge on any atom is 0.271 e. The van der Waals surface area contributed by atoms with Gasteiger partial charge < -0.3 is 4.74 Å². The van der Waals surface area contributed by atoms with Gasteiger partial charge in [-0.05, 0) is 86.1 Å². The van der Waals surface area contributed by atoms with Crippen LogP contribution in [0.15, 0.2) is 47.6 Å². The molecule has 0 spiro atoms. The maximum atomic E-state index is 12.3. The topological polar surface area (TPSA) is 50.7 Å². The number of aryl methyl sites for hydroxylation is 2. The average molecular weight is 350 g/mol.